The van der Waals surface area contributed by atoms with Crippen molar-refractivity contribution in [2.24, 2.45) is 0 Å². The highest BCUT2D eigenvalue weighted by Gasteiger charge is 2.16. The minimum atomic E-state index is 0.285. The van der Waals surface area contributed by atoms with Gasteiger partial charge in [0, 0.05) is 24.8 Å². The van der Waals surface area contributed by atoms with Crippen LogP contribution in [0.3, 0.4) is 0 Å². The van der Waals surface area contributed by atoms with Gasteiger partial charge >= 0.3 is 0 Å². The number of rotatable bonds is 6. The first-order chi connectivity index (χ1) is 9.31. The van der Waals surface area contributed by atoms with Gasteiger partial charge in [0.25, 0.3) is 0 Å². The van der Waals surface area contributed by atoms with Gasteiger partial charge in [0.2, 0.25) is 0 Å². The molecule has 0 bridgehead atoms. The van der Waals surface area contributed by atoms with Crippen molar-refractivity contribution in [2.45, 2.75) is 45.3 Å². The molecule has 2 atom stereocenters. The SMILES string of the molecule is CCOc1ccccc1C(C)NCC1CCCCO1. The van der Waals surface area contributed by atoms with Crippen molar-refractivity contribution in [1.82, 2.24) is 5.32 Å². The third-order valence-corrected chi connectivity index (χ3v) is 3.61. The zero-order valence-electron chi connectivity index (χ0n) is 12.0. The lowest BCUT2D eigenvalue weighted by Gasteiger charge is -2.25. The highest BCUT2D eigenvalue weighted by atomic mass is 16.5. The fourth-order valence-electron chi connectivity index (χ4n) is 2.51. The molecule has 0 saturated carbocycles. The Bertz CT molecular complexity index is 375. The van der Waals surface area contributed by atoms with Crippen molar-refractivity contribution >= 4 is 0 Å². The standard InChI is InChI=1S/C16H25NO2/c1-3-18-16-10-5-4-9-15(16)13(2)17-12-14-8-6-7-11-19-14/h4-5,9-10,13-14,17H,3,6-8,11-12H2,1-2H3. The molecule has 0 aliphatic carbocycles. The first-order valence-electron chi connectivity index (χ1n) is 7.38. The molecule has 19 heavy (non-hydrogen) atoms. The highest BCUT2D eigenvalue weighted by molar-refractivity contribution is 5.35. The van der Waals surface area contributed by atoms with Crippen LogP contribution in [0.15, 0.2) is 24.3 Å². The molecule has 1 fully saturated rings. The Morgan fingerprint density at radius 2 is 2.21 bits per heavy atom. The van der Waals surface area contributed by atoms with E-state index in [2.05, 4.69) is 24.4 Å². The number of benzene rings is 1. The molecule has 106 valence electrons. The smallest absolute Gasteiger partial charge is 0.124 e. The van der Waals surface area contributed by atoms with Gasteiger partial charge in [-0.25, -0.2) is 0 Å². The van der Waals surface area contributed by atoms with Crippen LogP contribution in [-0.4, -0.2) is 25.9 Å². The summed E-state index contributed by atoms with van der Waals surface area (Å²) in [5.41, 5.74) is 1.22. The van der Waals surface area contributed by atoms with Gasteiger partial charge in [-0.15, -0.1) is 0 Å². The number of hydrogen-bond acceptors (Lipinski definition) is 3. The molecule has 1 aliphatic heterocycles. The zero-order chi connectivity index (χ0) is 13.5. The molecule has 1 aromatic rings. The quantitative estimate of drug-likeness (QED) is 0.854. The third kappa shape index (κ3) is 4.22. The molecule has 0 aromatic heterocycles. The number of ether oxygens (including phenoxy) is 2. The van der Waals surface area contributed by atoms with Crippen LogP contribution < -0.4 is 10.1 Å². The summed E-state index contributed by atoms with van der Waals surface area (Å²) in [6, 6.07) is 8.53. The normalized spacial score (nSPS) is 21.1. The Labute approximate surface area is 116 Å². The second kappa shape index (κ2) is 7.51. The Hall–Kier alpha value is -1.06. The monoisotopic (exact) mass is 263 g/mol. The summed E-state index contributed by atoms with van der Waals surface area (Å²) in [7, 11) is 0. The average molecular weight is 263 g/mol. The fraction of sp³-hybridized carbons (Fsp3) is 0.625. The van der Waals surface area contributed by atoms with E-state index in [9.17, 15) is 0 Å². The summed E-state index contributed by atoms with van der Waals surface area (Å²) in [5.74, 6) is 0.981. The van der Waals surface area contributed by atoms with Crippen LogP contribution in [0.5, 0.6) is 5.75 Å². The van der Waals surface area contributed by atoms with Gasteiger partial charge in [0.15, 0.2) is 0 Å². The molecule has 2 rings (SSSR count). The van der Waals surface area contributed by atoms with E-state index in [0.29, 0.717) is 12.7 Å². The maximum absolute atomic E-state index is 5.75. The van der Waals surface area contributed by atoms with Crippen LogP contribution in [0.4, 0.5) is 0 Å². The topological polar surface area (TPSA) is 30.5 Å². The van der Waals surface area contributed by atoms with Gasteiger partial charge in [-0.05, 0) is 39.2 Å². The molecular weight excluding hydrogens is 238 g/mol. The molecule has 1 N–H and O–H groups in total. The summed E-state index contributed by atoms with van der Waals surface area (Å²) in [4.78, 5) is 0. The second-order valence-electron chi connectivity index (χ2n) is 5.09. The lowest BCUT2D eigenvalue weighted by molar-refractivity contribution is 0.0156. The van der Waals surface area contributed by atoms with Crippen molar-refractivity contribution < 1.29 is 9.47 Å². The van der Waals surface area contributed by atoms with E-state index in [0.717, 1.165) is 18.9 Å². The number of hydrogen-bond donors (Lipinski definition) is 1. The van der Waals surface area contributed by atoms with Crippen LogP contribution in [0, 0.1) is 0 Å². The minimum absolute atomic E-state index is 0.285. The van der Waals surface area contributed by atoms with Gasteiger partial charge in [0.1, 0.15) is 5.75 Å². The predicted molar refractivity (Wildman–Crippen MR) is 77.6 cm³/mol. The van der Waals surface area contributed by atoms with E-state index in [1.54, 1.807) is 0 Å². The van der Waals surface area contributed by atoms with E-state index in [4.69, 9.17) is 9.47 Å². The zero-order valence-corrected chi connectivity index (χ0v) is 12.0. The van der Waals surface area contributed by atoms with Gasteiger partial charge < -0.3 is 14.8 Å². The van der Waals surface area contributed by atoms with Crippen molar-refractivity contribution in [3.8, 4) is 5.75 Å². The van der Waals surface area contributed by atoms with Gasteiger partial charge in [-0.1, -0.05) is 18.2 Å². The lowest BCUT2D eigenvalue weighted by Crippen LogP contribution is -2.33. The minimum Gasteiger partial charge on any atom is -0.494 e. The average Bonchev–Trinajstić information content (AvgIpc) is 2.47. The lowest BCUT2D eigenvalue weighted by atomic mass is 10.1. The number of nitrogens with one attached hydrogen (secondary N) is 1. The maximum Gasteiger partial charge on any atom is 0.124 e. The van der Waals surface area contributed by atoms with E-state index in [-0.39, 0.29) is 6.04 Å². The van der Waals surface area contributed by atoms with Gasteiger partial charge in [-0.2, -0.15) is 0 Å². The molecule has 1 saturated heterocycles. The molecule has 3 nitrogen and oxygen atoms in total. The van der Waals surface area contributed by atoms with Crippen molar-refractivity contribution in [3.63, 3.8) is 0 Å². The molecule has 0 amide bonds. The molecule has 1 heterocycles. The third-order valence-electron chi connectivity index (χ3n) is 3.61. The first-order valence-corrected chi connectivity index (χ1v) is 7.38. The molecule has 0 spiro atoms. The molecule has 0 radical (unpaired) electrons. The molecule has 1 aromatic carbocycles. The largest absolute Gasteiger partial charge is 0.494 e. The Kier molecular flexibility index (Phi) is 5.67. The summed E-state index contributed by atoms with van der Waals surface area (Å²) in [6.07, 6.45) is 4.04. The summed E-state index contributed by atoms with van der Waals surface area (Å²) in [6.45, 7) is 6.73. The van der Waals surface area contributed by atoms with Gasteiger partial charge in [-0.3, -0.25) is 0 Å². The fourth-order valence-corrected chi connectivity index (χ4v) is 2.51. The van der Waals surface area contributed by atoms with E-state index in [1.807, 2.05) is 19.1 Å². The van der Waals surface area contributed by atoms with Crippen LogP contribution >= 0.6 is 0 Å². The molecular formula is C16H25NO2. The molecule has 1 aliphatic rings. The summed E-state index contributed by atoms with van der Waals surface area (Å²) < 4.78 is 11.4. The summed E-state index contributed by atoms with van der Waals surface area (Å²) >= 11 is 0. The molecule has 2 unspecified atom stereocenters. The highest BCUT2D eigenvalue weighted by Crippen LogP contribution is 2.25. The Morgan fingerprint density at radius 1 is 1.37 bits per heavy atom. The van der Waals surface area contributed by atoms with E-state index in [1.165, 1.54) is 24.8 Å². The van der Waals surface area contributed by atoms with E-state index < -0.39 is 0 Å². The van der Waals surface area contributed by atoms with Crippen LogP contribution in [0.2, 0.25) is 0 Å². The Balaban J connectivity index is 1.89. The van der Waals surface area contributed by atoms with Crippen LogP contribution in [-0.2, 0) is 4.74 Å². The summed E-state index contributed by atoms with van der Waals surface area (Å²) in [5, 5.41) is 3.56. The molecule has 3 heteroatoms. The van der Waals surface area contributed by atoms with Crippen molar-refractivity contribution in [1.29, 1.82) is 0 Å². The second-order valence-corrected chi connectivity index (χ2v) is 5.09. The predicted octanol–water partition coefficient (Wildman–Crippen LogP) is 3.31. The first kappa shape index (κ1) is 14.4. The maximum atomic E-state index is 5.75. The number of para-hydroxylation sites is 1. The van der Waals surface area contributed by atoms with Crippen molar-refractivity contribution in [3.05, 3.63) is 29.8 Å². The Morgan fingerprint density at radius 3 is 2.95 bits per heavy atom. The van der Waals surface area contributed by atoms with E-state index >= 15 is 0 Å². The van der Waals surface area contributed by atoms with Crippen molar-refractivity contribution in [2.75, 3.05) is 19.8 Å². The van der Waals surface area contributed by atoms with Crippen LogP contribution in [0.25, 0.3) is 0 Å². The van der Waals surface area contributed by atoms with Gasteiger partial charge in [0.05, 0.1) is 12.7 Å². The van der Waals surface area contributed by atoms with Crippen LogP contribution in [0.1, 0.15) is 44.7 Å².